The number of nitro groups is 1. The molecule has 1 fully saturated rings. The van der Waals surface area contributed by atoms with Crippen LogP contribution < -0.4 is 5.32 Å². The third-order valence-corrected chi connectivity index (χ3v) is 6.08. The van der Waals surface area contributed by atoms with E-state index in [4.69, 9.17) is 4.99 Å². The summed E-state index contributed by atoms with van der Waals surface area (Å²) in [7, 11) is 0. The molecule has 2 heterocycles. The highest BCUT2D eigenvalue weighted by atomic mass is 16.6. The summed E-state index contributed by atoms with van der Waals surface area (Å²) in [6.45, 7) is 1.08. The molecule has 1 aromatic heterocycles. The van der Waals surface area contributed by atoms with Crippen molar-refractivity contribution in [3.05, 3.63) is 99.6 Å². The number of fused-ring (bicyclic) bond motifs is 1. The molecule has 0 saturated carbocycles. The van der Waals surface area contributed by atoms with Crippen LogP contribution in [0.2, 0.25) is 0 Å². The Labute approximate surface area is 191 Å². The molecule has 0 bridgehead atoms. The number of hydrogen-bond acceptors (Lipinski definition) is 5. The lowest BCUT2D eigenvalue weighted by Gasteiger charge is -2.11. The summed E-state index contributed by atoms with van der Waals surface area (Å²) in [4.78, 5) is 18.7. The molecule has 0 spiro atoms. The molecule has 7 nitrogen and oxygen atoms in total. The first-order valence-electron chi connectivity index (χ1n) is 11.0. The quantitative estimate of drug-likeness (QED) is 0.216. The molecule has 0 aliphatic carbocycles. The van der Waals surface area contributed by atoms with Crippen molar-refractivity contribution in [2.75, 3.05) is 6.54 Å². The monoisotopic (exact) mass is 440 g/mol. The number of rotatable bonds is 6. The largest absolute Gasteiger partial charge is 0.494 e. The molecule has 3 aromatic carbocycles. The van der Waals surface area contributed by atoms with Gasteiger partial charge in [0, 0.05) is 34.6 Å². The van der Waals surface area contributed by atoms with Crippen molar-refractivity contribution in [2.45, 2.75) is 25.3 Å². The van der Waals surface area contributed by atoms with E-state index < -0.39 is 4.92 Å². The van der Waals surface area contributed by atoms with Crippen LogP contribution in [0.4, 0.5) is 11.4 Å². The minimum atomic E-state index is -0.440. The Hall–Kier alpha value is -3.97. The lowest BCUT2D eigenvalue weighted by molar-refractivity contribution is -0.384. The Kier molecular flexibility index (Phi) is 5.62. The van der Waals surface area contributed by atoms with Gasteiger partial charge in [0.2, 0.25) is 0 Å². The zero-order chi connectivity index (χ0) is 22.8. The molecule has 5 rings (SSSR count). The average molecular weight is 441 g/mol. The Morgan fingerprint density at radius 1 is 1.09 bits per heavy atom. The number of benzene rings is 3. The van der Waals surface area contributed by atoms with Crippen LogP contribution in [0.25, 0.3) is 10.9 Å². The van der Waals surface area contributed by atoms with Crippen molar-refractivity contribution >= 4 is 28.0 Å². The van der Waals surface area contributed by atoms with E-state index in [0.29, 0.717) is 28.2 Å². The summed E-state index contributed by atoms with van der Waals surface area (Å²) in [6, 6.07) is 22.7. The molecule has 7 heteroatoms. The Bertz CT molecular complexity index is 1320. The SMILES string of the molecule is O=[N+]([O-])c1ccc2[nH]c(O)c(C(=Nc3ccc(CC4CCCN4)cc3)c3ccccc3)c2c1. The summed E-state index contributed by atoms with van der Waals surface area (Å²) in [5.41, 5.74) is 4.36. The van der Waals surface area contributed by atoms with Gasteiger partial charge in [-0.05, 0) is 49.6 Å². The molecular weight excluding hydrogens is 416 g/mol. The van der Waals surface area contributed by atoms with E-state index >= 15 is 0 Å². The smallest absolute Gasteiger partial charge is 0.270 e. The first-order chi connectivity index (χ1) is 16.1. The van der Waals surface area contributed by atoms with Crippen molar-refractivity contribution in [1.82, 2.24) is 10.3 Å². The molecule has 1 aliphatic heterocycles. The number of nitrogens with one attached hydrogen (secondary N) is 2. The Morgan fingerprint density at radius 2 is 1.88 bits per heavy atom. The summed E-state index contributed by atoms with van der Waals surface area (Å²) < 4.78 is 0. The number of aromatic amines is 1. The van der Waals surface area contributed by atoms with Crippen molar-refractivity contribution < 1.29 is 10.0 Å². The van der Waals surface area contributed by atoms with Gasteiger partial charge in [-0.1, -0.05) is 42.5 Å². The molecule has 1 unspecified atom stereocenters. The minimum absolute atomic E-state index is 0.0416. The molecule has 1 saturated heterocycles. The van der Waals surface area contributed by atoms with E-state index in [2.05, 4.69) is 22.4 Å². The van der Waals surface area contributed by atoms with E-state index in [0.717, 1.165) is 24.2 Å². The number of aliphatic imine (C=N–C) groups is 1. The van der Waals surface area contributed by atoms with E-state index in [-0.39, 0.29) is 11.6 Å². The molecule has 0 amide bonds. The molecule has 33 heavy (non-hydrogen) atoms. The standard InChI is InChI=1S/C26H24N4O3/c31-26-24(22-16-21(30(32)33)12-13-23(22)29-26)25(18-5-2-1-3-6-18)28-19-10-8-17(9-11-19)15-20-7-4-14-27-20/h1-3,5-6,8-13,16,20,27,29,31H,4,7,14-15H2. The van der Waals surface area contributed by atoms with E-state index in [9.17, 15) is 15.2 Å². The van der Waals surface area contributed by atoms with E-state index in [1.54, 1.807) is 6.07 Å². The summed E-state index contributed by atoms with van der Waals surface area (Å²) in [5.74, 6) is -0.0722. The second-order valence-corrected chi connectivity index (χ2v) is 8.33. The lowest BCUT2D eigenvalue weighted by atomic mass is 10.00. The van der Waals surface area contributed by atoms with Gasteiger partial charge in [-0.15, -0.1) is 0 Å². The van der Waals surface area contributed by atoms with Crippen molar-refractivity contribution in [2.24, 2.45) is 4.99 Å². The molecule has 166 valence electrons. The highest BCUT2D eigenvalue weighted by molar-refractivity contribution is 6.22. The topological polar surface area (TPSA) is 104 Å². The number of aromatic nitrogens is 1. The molecule has 4 aromatic rings. The van der Waals surface area contributed by atoms with Gasteiger partial charge in [-0.3, -0.25) is 10.1 Å². The van der Waals surface area contributed by atoms with E-state index in [1.165, 1.54) is 30.5 Å². The molecule has 0 radical (unpaired) electrons. The van der Waals surface area contributed by atoms with Crippen LogP contribution in [0.5, 0.6) is 5.88 Å². The van der Waals surface area contributed by atoms with Crippen LogP contribution in [-0.2, 0) is 6.42 Å². The highest BCUT2D eigenvalue weighted by Gasteiger charge is 2.21. The van der Waals surface area contributed by atoms with Crippen molar-refractivity contribution in [3.63, 3.8) is 0 Å². The maximum Gasteiger partial charge on any atom is 0.270 e. The van der Waals surface area contributed by atoms with Crippen LogP contribution in [-0.4, -0.2) is 33.3 Å². The summed E-state index contributed by atoms with van der Waals surface area (Å²) in [6.07, 6.45) is 3.41. The Morgan fingerprint density at radius 3 is 2.58 bits per heavy atom. The predicted molar refractivity (Wildman–Crippen MR) is 130 cm³/mol. The maximum atomic E-state index is 11.3. The number of non-ortho nitro benzene ring substituents is 1. The van der Waals surface area contributed by atoms with Crippen LogP contribution in [0.1, 0.15) is 29.5 Å². The van der Waals surface area contributed by atoms with Gasteiger partial charge in [0.05, 0.1) is 21.9 Å². The van der Waals surface area contributed by atoms with Gasteiger partial charge in [0.25, 0.3) is 5.69 Å². The first kappa shape index (κ1) is 20.9. The second-order valence-electron chi connectivity index (χ2n) is 8.33. The normalized spacial score (nSPS) is 16.4. The first-order valence-corrected chi connectivity index (χ1v) is 11.0. The van der Waals surface area contributed by atoms with Gasteiger partial charge in [-0.25, -0.2) is 4.99 Å². The fourth-order valence-corrected chi connectivity index (χ4v) is 4.43. The van der Waals surface area contributed by atoms with E-state index in [1.807, 2.05) is 42.5 Å². The number of nitro benzene ring substituents is 1. The fraction of sp³-hybridized carbons (Fsp3) is 0.192. The molecule has 3 N–H and O–H groups in total. The maximum absolute atomic E-state index is 11.3. The number of nitrogens with zero attached hydrogens (tertiary/aromatic N) is 2. The Balaban J connectivity index is 1.59. The number of aromatic hydroxyl groups is 1. The minimum Gasteiger partial charge on any atom is -0.494 e. The van der Waals surface area contributed by atoms with Crippen molar-refractivity contribution in [1.29, 1.82) is 0 Å². The third kappa shape index (κ3) is 4.36. The van der Waals surface area contributed by atoms with Gasteiger partial charge in [-0.2, -0.15) is 0 Å². The number of H-pyrrole nitrogens is 1. The second kappa shape index (κ2) is 8.88. The van der Waals surface area contributed by atoms with Gasteiger partial charge in [0.1, 0.15) is 0 Å². The zero-order valence-electron chi connectivity index (χ0n) is 18.0. The van der Waals surface area contributed by atoms with Gasteiger partial charge in [0.15, 0.2) is 5.88 Å². The van der Waals surface area contributed by atoms with Crippen LogP contribution in [0, 0.1) is 10.1 Å². The lowest BCUT2D eigenvalue weighted by Crippen LogP contribution is -2.23. The summed E-state index contributed by atoms with van der Waals surface area (Å²) >= 11 is 0. The molecule has 1 atom stereocenters. The van der Waals surface area contributed by atoms with Crippen LogP contribution >= 0.6 is 0 Å². The van der Waals surface area contributed by atoms with Crippen molar-refractivity contribution in [3.8, 4) is 5.88 Å². The highest BCUT2D eigenvalue weighted by Crippen LogP contribution is 2.33. The van der Waals surface area contributed by atoms with Gasteiger partial charge >= 0.3 is 0 Å². The fourth-order valence-electron chi connectivity index (χ4n) is 4.43. The molecule has 1 aliphatic rings. The average Bonchev–Trinajstić information content (AvgIpc) is 3.45. The molecular formula is C26H24N4O3. The van der Waals surface area contributed by atoms with Crippen LogP contribution in [0.3, 0.4) is 0 Å². The number of hydrogen-bond donors (Lipinski definition) is 3. The predicted octanol–water partition coefficient (Wildman–Crippen LogP) is 5.25. The van der Waals surface area contributed by atoms with Crippen LogP contribution in [0.15, 0.2) is 77.8 Å². The zero-order valence-corrected chi connectivity index (χ0v) is 18.0. The summed E-state index contributed by atoms with van der Waals surface area (Å²) in [5, 5.41) is 26.2. The third-order valence-electron chi connectivity index (χ3n) is 6.08. The van der Waals surface area contributed by atoms with Gasteiger partial charge < -0.3 is 15.4 Å².